The molecule has 2 aromatic carbocycles. The Hall–Kier alpha value is -2.12. The van der Waals surface area contributed by atoms with Crippen molar-refractivity contribution >= 4 is 35.1 Å². The Kier molecular flexibility index (Phi) is 6.34. The first kappa shape index (κ1) is 19.6. The predicted molar refractivity (Wildman–Crippen MR) is 103 cm³/mol. The van der Waals surface area contributed by atoms with Crippen LogP contribution in [0, 0.1) is 0 Å². The second-order valence-electron chi connectivity index (χ2n) is 6.10. The molecule has 0 aromatic heterocycles. The molecule has 1 amide bonds. The monoisotopic (exact) mass is 408 g/mol. The zero-order valence-corrected chi connectivity index (χ0v) is 15.8. The summed E-state index contributed by atoms with van der Waals surface area (Å²) < 4.78 is 5.92. The third-order valence-electron chi connectivity index (χ3n) is 4.30. The van der Waals surface area contributed by atoms with Crippen LogP contribution in [0.15, 0.2) is 42.5 Å². The van der Waals surface area contributed by atoms with Gasteiger partial charge in [-0.2, -0.15) is 0 Å². The van der Waals surface area contributed by atoms with Crippen LogP contribution in [0.5, 0.6) is 0 Å². The molecule has 0 radical (unpaired) electrons. The van der Waals surface area contributed by atoms with Crippen LogP contribution in [0.1, 0.15) is 32.4 Å². The van der Waals surface area contributed by atoms with E-state index in [0.29, 0.717) is 29.7 Å². The van der Waals surface area contributed by atoms with E-state index in [4.69, 9.17) is 27.9 Å². The maximum atomic E-state index is 12.7. The van der Waals surface area contributed by atoms with Gasteiger partial charge in [-0.05, 0) is 29.8 Å². The van der Waals surface area contributed by atoms with Gasteiger partial charge in [-0.1, -0.05) is 41.4 Å². The number of amides is 1. The lowest BCUT2D eigenvalue weighted by Crippen LogP contribution is -2.45. The molecule has 0 unspecified atom stereocenters. The molecular weight excluding hydrogens is 391 g/mol. The Balaban J connectivity index is 1.87. The first-order valence-corrected chi connectivity index (χ1v) is 9.13. The van der Waals surface area contributed by atoms with Crippen molar-refractivity contribution in [2.24, 2.45) is 0 Å². The molecule has 2 atom stereocenters. The molecule has 8 heteroatoms. The van der Waals surface area contributed by atoms with E-state index >= 15 is 0 Å². The highest BCUT2D eigenvalue weighted by Gasteiger charge is 2.29. The molecule has 142 valence electrons. The van der Waals surface area contributed by atoms with Gasteiger partial charge in [-0.15, -0.1) is 0 Å². The summed E-state index contributed by atoms with van der Waals surface area (Å²) in [7, 11) is 0. The van der Waals surface area contributed by atoms with E-state index in [-0.39, 0.29) is 11.1 Å². The second kappa shape index (κ2) is 8.71. The number of ether oxygens (including phenoxy) is 1. The van der Waals surface area contributed by atoms with Crippen molar-refractivity contribution in [1.82, 2.24) is 10.6 Å². The SMILES string of the molecule is O=C(O)c1ccccc1C(=O)N[C@@H]1CNCCO[C@H]1c1ccc(Cl)c(Cl)c1. The van der Waals surface area contributed by atoms with Crippen LogP contribution in [0.25, 0.3) is 0 Å². The summed E-state index contributed by atoms with van der Waals surface area (Å²) in [6, 6.07) is 10.9. The summed E-state index contributed by atoms with van der Waals surface area (Å²) in [5.41, 5.74) is 0.829. The number of hydrogen-bond donors (Lipinski definition) is 3. The first-order chi connectivity index (χ1) is 13.0. The summed E-state index contributed by atoms with van der Waals surface area (Å²) in [6.07, 6.45) is -0.448. The van der Waals surface area contributed by atoms with E-state index in [2.05, 4.69) is 10.6 Å². The van der Waals surface area contributed by atoms with Crippen molar-refractivity contribution in [3.05, 3.63) is 69.2 Å². The average molecular weight is 409 g/mol. The molecule has 0 spiro atoms. The molecule has 0 aliphatic carbocycles. The molecule has 1 heterocycles. The maximum absolute atomic E-state index is 12.7. The third-order valence-corrected chi connectivity index (χ3v) is 5.04. The second-order valence-corrected chi connectivity index (χ2v) is 6.91. The van der Waals surface area contributed by atoms with Crippen molar-refractivity contribution < 1.29 is 19.4 Å². The molecule has 3 N–H and O–H groups in total. The lowest BCUT2D eigenvalue weighted by Gasteiger charge is -2.26. The Morgan fingerprint density at radius 2 is 1.85 bits per heavy atom. The molecule has 6 nitrogen and oxygen atoms in total. The van der Waals surface area contributed by atoms with Gasteiger partial charge in [0.25, 0.3) is 5.91 Å². The van der Waals surface area contributed by atoms with Gasteiger partial charge in [-0.3, -0.25) is 4.79 Å². The Bertz CT molecular complexity index is 859. The van der Waals surface area contributed by atoms with Gasteiger partial charge >= 0.3 is 5.97 Å². The lowest BCUT2D eigenvalue weighted by atomic mass is 10.0. The van der Waals surface area contributed by atoms with Crippen molar-refractivity contribution in [3.8, 4) is 0 Å². The van der Waals surface area contributed by atoms with Gasteiger partial charge in [0.05, 0.1) is 33.8 Å². The number of carboxylic acid groups (broad SMARTS) is 1. The fraction of sp³-hybridized carbons (Fsp3) is 0.263. The smallest absolute Gasteiger partial charge is 0.336 e. The molecule has 1 aliphatic rings. The van der Waals surface area contributed by atoms with Crippen molar-refractivity contribution in [2.45, 2.75) is 12.1 Å². The van der Waals surface area contributed by atoms with Gasteiger partial charge < -0.3 is 20.5 Å². The first-order valence-electron chi connectivity index (χ1n) is 8.38. The van der Waals surface area contributed by atoms with E-state index in [1.165, 1.54) is 12.1 Å². The third kappa shape index (κ3) is 4.59. The van der Waals surface area contributed by atoms with Crippen LogP contribution >= 0.6 is 23.2 Å². The van der Waals surface area contributed by atoms with E-state index in [1.807, 2.05) is 0 Å². The normalized spacial score (nSPS) is 19.9. The van der Waals surface area contributed by atoms with Gasteiger partial charge in [0, 0.05) is 13.1 Å². The standard InChI is InChI=1S/C19H18Cl2N2O4/c20-14-6-5-11(9-15(14)21)17-16(10-22-7-8-27-17)23-18(24)12-3-1-2-4-13(12)19(25)26/h1-6,9,16-17,22H,7-8,10H2,(H,23,24)(H,25,26)/t16-,17+/m1/s1. The summed E-state index contributed by atoms with van der Waals surface area (Å²) >= 11 is 12.1. The van der Waals surface area contributed by atoms with Gasteiger partial charge in [0.2, 0.25) is 0 Å². The summed E-state index contributed by atoms with van der Waals surface area (Å²) in [5, 5.41) is 16.2. The number of hydrogen-bond acceptors (Lipinski definition) is 4. The largest absolute Gasteiger partial charge is 0.478 e. The van der Waals surface area contributed by atoms with Crippen LogP contribution in [-0.4, -0.2) is 42.7 Å². The number of benzene rings is 2. The average Bonchev–Trinajstić information content (AvgIpc) is 2.89. The molecule has 2 aromatic rings. The fourth-order valence-corrected chi connectivity index (χ4v) is 3.30. The molecular formula is C19H18Cl2N2O4. The van der Waals surface area contributed by atoms with Crippen LogP contribution < -0.4 is 10.6 Å². The highest BCUT2D eigenvalue weighted by Crippen LogP contribution is 2.29. The number of nitrogens with one attached hydrogen (secondary N) is 2. The number of carbonyl (C=O) groups excluding carboxylic acids is 1. The van der Waals surface area contributed by atoms with Gasteiger partial charge in [-0.25, -0.2) is 4.79 Å². The topological polar surface area (TPSA) is 87.7 Å². The van der Waals surface area contributed by atoms with E-state index in [0.717, 1.165) is 5.56 Å². The lowest BCUT2D eigenvalue weighted by molar-refractivity contribution is 0.0416. The van der Waals surface area contributed by atoms with Crippen LogP contribution in [0.4, 0.5) is 0 Å². The quantitative estimate of drug-likeness (QED) is 0.722. The summed E-state index contributed by atoms with van der Waals surface area (Å²) in [5.74, 6) is -1.63. The fourth-order valence-electron chi connectivity index (χ4n) is 3.00. The van der Waals surface area contributed by atoms with Gasteiger partial charge in [0.15, 0.2) is 0 Å². The van der Waals surface area contributed by atoms with Crippen LogP contribution in [-0.2, 0) is 4.74 Å². The molecule has 27 heavy (non-hydrogen) atoms. The minimum atomic E-state index is -1.16. The van der Waals surface area contributed by atoms with Crippen molar-refractivity contribution in [1.29, 1.82) is 0 Å². The van der Waals surface area contributed by atoms with Crippen LogP contribution in [0.2, 0.25) is 10.0 Å². The maximum Gasteiger partial charge on any atom is 0.336 e. The minimum absolute atomic E-state index is 0.0522. The summed E-state index contributed by atoms with van der Waals surface area (Å²) in [4.78, 5) is 24.1. The van der Waals surface area contributed by atoms with Gasteiger partial charge in [0.1, 0.15) is 6.10 Å². The molecule has 1 fully saturated rings. The summed E-state index contributed by atoms with van der Waals surface area (Å²) in [6.45, 7) is 1.56. The zero-order valence-electron chi connectivity index (χ0n) is 14.2. The molecule has 1 saturated heterocycles. The van der Waals surface area contributed by atoms with E-state index in [9.17, 15) is 14.7 Å². The van der Waals surface area contributed by atoms with Crippen molar-refractivity contribution in [3.63, 3.8) is 0 Å². The molecule has 3 rings (SSSR count). The Morgan fingerprint density at radius 3 is 2.56 bits per heavy atom. The highest BCUT2D eigenvalue weighted by molar-refractivity contribution is 6.42. The van der Waals surface area contributed by atoms with E-state index < -0.39 is 24.0 Å². The van der Waals surface area contributed by atoms with Crippen LogP contribution in [0.3, 0.4) is 0 Å². The highest BCUT2D eigenvalue weighted by atomic mass is 35.5. The molecule has 1 aliphatic heterocycles. The molecule has 0 saturated carbocycles. The van der Waals surface area contributed by atoms with E-state index in [1.54, 1.807) is 30.3 Å². The predicted octanol–water partition coefficient (Wildman–Crippen LogP) is 3.15. The number of rotatable bonds is 4. The van der Waals surface area contributed by atoms with Crippen molar-refractivity contribution in [2.75, 3.05) is 19.7 Å². The number of halogens is 2. The molecule has 0 bridgehead atoms. The number of carboxylic acids is 1. The Morgan fingerprint density at radius 1 is 1.11 bits per heavy atom. The minimum Gasteiger partial charge on any atom is -0.478 e. The Labute approximate surface area is 166 Å². The number of aromatic carboxylic acids is 1. The zero-order chi connectivity index (χ0) is 19.4. The number of carbonyl (C=O) groups is 2.